The summed E-state index contributed by atoms with van der Waals surface area (Å²) in [5, 5.41) is 13.6. The van der Waals surface area contributed by atoms with Crippen molar-refractivity contribution in [1.82, 2.24) is 5.32 Å². The molecule has 0 radical (unpaired) electrons. The van der Waals surface area contributed by atoms with Gasteiger partial charge in [-0.2, -0.15) is 0 Å². The number of hydrogen-bond acceptors (Lipinski definition) is 6. The van der Waals surface area contributed by atoms with E-state index in [1.165, 1.54) is 36.4 Å². The molecule has 1 aliphatic heterocycles. The lowest BCUT2D eigenvalue weighted by molar-refractivity contribution is -0.131. The van der Waals surface area contributed by atoms with Gasteiger partial charge in [0.1, 0.15) is 11.6 Å². The van der Waals surface area contributed by atoms with E-state index in [4.69, 9.17) is 14.2 Å². The van der Waals surface area contributed by atoms with Crippen molar-refractivity contribution in [2.24, 2.45) is 5.92 Å². The van der Waals surface area contributed by atoms with Gasteiger partial charge in [-0.1, -0.05) is 36.4 Å². The van der Waals surface area contributed by atoms with Gasteiger partial charge in [0, 0.05) is 25.3 Å². The topological polar surface area (TPSA) is 97.3 Å². The minimum atomic E-state index is -0.845. The predicted molar refractivity (Wildman–Crippen MR) is 162 cm³/mol. The van der Waals surface area contributed by atoms with Crippen LogP contribution in [0.5, 0.6) is 0 Å². The Hall–Kier alpha value is -3.70. The second kappa shape index (κ2) is 17.0. The summed E-state index contributed by atoms with van der Waals surface area (Å²) < 4.78 is 43.0. The van der Waals surface area contributed by atoms with Crippen molar-refractivity contribution in [3.63, 3.8) is 0 Å². The highest BCUT2D eigenvalue weighted by Gasteiger charge is 2.48. The second-order valence-corrected chi connectivity index (χ2v) is 10.6. The van der Waals surface area contributed by atoms with E-state index >= 15 is 0 Å². The maximum atomic E-state index is 13.6. The van der Waals surface area contributed by atoms with Crippen LogP contribution in [-0.2, 0) is 30.3 Å². The van der Waals surface area contributed by atoms with Crippen LogP contribution in [0.3, 0.4) is 0 Å². The molecule has 1 heterocycles. The molecule has 3 atom stereocenters. The number of amides is 2. The predicted octanol–water partition coefficient (Wildman–Crippen LogP) is 5.26. The molecule has 4 rings (SSSR count). The average molecular weight is 611 g/mol. The number of rotatable bonds is 18. The van der Waals surface area contributed by atoms with Crippen molar-refractivity contribution < 1.29 is 37.7 Å². The first-order valence-corrected chi connectivity index (χ1v) is 15.0. The Balaban J connectivity index is 1.34. The second-order valence-electron chi connectivity index (χ2n) is 10.6. The van der Waals surface area contributed by atoms with E-state index < -0.39 is 17.8 Å². The summed E-state index contributed by atoms with van der Waals surface area (Å²) in [5.74, 6) is -1.46. The van der Waals surface area contributed by atoms with Crippen molar-refractivity contribution in [3.05, 3.63) is 101 Å². The molecule has 10 heteroatoms. The number of β-lactam (4-membered cyclic amide) rings is 1. The fourth-order valence-corrected chi connectivity index (χ4v) is 5.21. The van der Waals surface area contributed by atoms with Crippen LogP contribution in [0.15, 0.2) is 72.8 Å². The number of anilines is 1. The van der Waals surface area contributed by atoms with Crippen LogP contribution in [0, 0.1) is 17.6 Å². The average Bonchev–Trinajstić information content (AvgIpc) is 3.03. The molecule has 2 amide bonds. The molecule has 1 aliphatic rings. The van der Waals surface area contributed by atoms with Crippen LogP contribution >= 0.6 is 0 Å². The molecule has 1 saturated heterocycles. The molecule has 3 aromatic carbocycles. The Labute approximate surface area is 256 Å². The van der Waals surface area contributed by atoms with Gasteiger partial charge in [-0.3, -0.25) is 9.59 Å². The third kappa shape index (κ3) is 9.40. The molecule has 8 nitrogen and oxygen atoms in total. The SMILES string of the molecule is CCOCCOCCOCCC(=O)NCc1cccc(C2C(CCC(O)c3ccc(F)cc3)C(=O)N2c2ccc(F)cc2)c1. The molecule has 0 spiro atoms. The summed E-state index contributed by atoms with van der Waals surface area (Å²) >= 11 is 0. The molecule has 3 aromatic rings. The fraction of sp³-hybridized carbons (Fsp3) is 0.412. The standard InChI is InChI=1S/C34H40F2N2O6/c1-2-42-18-19-44-21-20-43-17-16-32(40)37-23-24-4-3-5-26(22-24)33-30(14-15-31(39)25-6-8-27(35)9-7-25)34(41)38(33)29-12-10-28(36)11-13-29/h3-13,22,30-31,33,39H,2,14-21,23H2,1H3,(H,37,40). The number of carbonyl (C=O) groups is 2. The van der Waals surface area contributed by atoms with Crippen molar-refractivity contribution >= 4 is 17.5 Å². The first-order valence-electron chi connectivity index (χ1n) is 15.0. The largest absolute Gasteiger partial charge is 0.388 e. The Morgan fingerprint density at radius 2 is 1.55 bits per heavy atom. The van der Waals surface area contributed by atoms with Gasteiger partial charge < -0.3 is 29.5 Å². The maximum Gasteiger partial charge on any atom is 0.233 e. The van der Waals surface area contributed by atoms with Crippen LogP contribution in [0.4, 0.5) is 14.5 Å². The van der Waals surface area contributed by atoms with Crippen LogP contribution in [-0.4, -0.2) is 56.6 Å². The Kier molecular flexibility index (Phi) is 12.8. The molecule has 0 bridgehead atoms. The molecule has 0 aromatic heterocycles. The lowest BCUT2D eigenvalue weighted by atomic mass is 9.78. The third-order valence-corrected chi connectivity index (χ3v) is 7.53. The molecule has 0 aliphatic carbocycles. The number of aliphatic hydroxyl groups excluding tert-OH is 1. The fourth-order valence-electron chi connectivity index (χ4n) is 5.21. The van der Waals surface area contributed by atoms with Crippen LogP contribution < -0.4 is 10.2 Å². The lowest BCUT2D eigenvalue weighted by Gasteiger charge is -2.48. The number of nitrogens with one attached hydrogen (secondary N) is 1. The number of aliphatic hydroxyl groups is 1. The number of benzene rings is 3. The van der Waals surface area contributed by atoms with Crippen molar-refractivity contribution in [1.29, 1.82) is 0 Å². The van der Waals surface area contributed by atoms with Gasteiger partial charge in [0.25, 0.3) is 0 Å². The smallest absolute Gasteiger partial charge is 0.233 e. The van der Waals surface area contributed by atoms with E-state index in [1.54, 1.807) is 17.0 Å². The first-order chi connectivity index (χ1) is 21.4. The van der Waals surface area contributed by atoms with Gasteiger partial charge in [0.2, 0.25) is 11.8 Å². The summed E-state index contributed by atoms with van der Waals surface area (Å²) in [6.45, 7) is 5.05. The quantitative estimate of drug-likeness (QED) is 0.151. The van der Waals surface area contributed by atoms with Crippen LogP contribution in [0.25, 0.3) is 0 Å². The first kappa shape index (κ1) is 33.2. The summed E-state index contributed by atoms with van der Waals surface area (Å²) in [5.41, 5.74) is 2.90. The Bertz CT molecular complexity index is 1340. The van der Waals surface area contributed by atoms with Gasteiger partial charge in [-0.05, 0) is 72.9 Å². The van der Waals surface area contributed by atoms with E-state index in [1.807, 2.05) is 31.2 Å². The van der Waals surface area contributed by atoms with Gasteiger partial charge in [0.05, 0.1) is 51.1 Å². The molecule has 236 valence electrons. The molecular formula is C34H40F2N2O6. The van der Waals surface area contributed by atoms with E-state index in [0.29, 0.717) is 63.7 Å². The zero-order valence-corrected chi connectivity index (χ0v) is 24.9. The number of ether oxygens (including phenoxy) is 3. The molecular weight excluding hydrogens is 570 g/mol. The third-order valence-electron chi connectivity index (χ3n) is 7.53. The molecule has 1 fully saturated rings. The van der Waals surface area contributed by atoms with Gasteiger partial charge >= 0.3 is 0 Å². The maximum absolute atomic E-state index is 13.6. The molecule has 3 unspecified atom stereocenters. The van der Waals surface area contributed by atoms with Crippen molar-refractivity contribution in [2.45, 2.75) is 44.9 Å². The normalized spacial score (nSPS) is 16.9. The Morgan fingerprint density at radius 1 is 0.909 bits per heavy atom. The lowest BCUT2D eigenvalue weighted by Crippen LogP contribution is -2.55. The van der Waals surface area contributed by atoms with E-state index in [2.05, 4.69) is 5.32 Å². The van der Waals surface area contributed by atoms with E-state index in [-0.39, 0.29) is 36.7 Å². The number of carbonyl (C=O) groups excluding carboxylic acids is 2. The number of hydrogen-bond donors (Lipinski definition) is 2. The van der Waals surface area contributed by atoms with Crippen molar-refractivity contribution in [3.8, 4) is 0 Å². The van der Waals surface area contributed by atoms with Crippen LogP contribution in [0.2, 0.25) is 0 Å². The highest BCUT2D eigenvalue weighted by molar-refractivity contribution is 6.03. The molecule has 0 saturated carbocycles. The minimum absolute atomic E-state index is 0.119. The summed E-state index contributed by atoms with van der Waals surface area (Å²) in [7, 11) is 0. The molecule has 2 N–H and O–H groups in total. The summed E-state index contributed by atoms with van der Waals surface area (Å²) in [6, 6.07) is 18.8. The van der Waals surface area contributed by atoms with E-state index in [0.717, 1.165) is 11.1 Å². The number of nitrogens with zero attached hydrogens (tertiary/aromatic N) is 1. The van der Waals surface area contributed by atoms with Gasteiger partial charge in [0.15, 0.2) is 0 Å². The number of halogens is 2. The minimum Gasteiger partial charge on any atom is -0.388 e. The monoisotopic (exact) mass is 610 g/mol. The van der Waals surface area contributed by atoms with Crippen LogP contribution in [0.1, 0.15) is 55.0 Å². The van der Waals surface area contributed by atoms with Gasteiger partial charge in [-0.25, -0.2) is 8.78 Å². The van der Waals surface area contributed by atoms with Crippen molar-refractivity contribution in [2.75, 3.05) is 44.5 Å². The molecule has 44 heavy (non-hydrogen) atoms. The van der Waals surface area contributed by atoms with E-state index in [9.17, 15) is 23.5 Å². The zero-order chi connectivity index (χ0) is 31.3. The highest BCUT2D eigenvalue weighted by Crippen LogP contribution is 2.46. The highest BCUT2D eigenvalue weighted by atomic mass is 19.1. The van der Waals surface area contributed by atoms with Gasteiger partial charge in [-0.15, -0.1) is 0 Å². The Morgan fingerprint density at radius 3 is 2.23 bits per heavy atom. The summed E-state index contributed by atoms with van der Waals surface area (Å²) in [4.78, 5) is 27.4. The zero-order valence-electron chi connectivity index (χ0n) is 24.9. The summed E-state index contributed by atoms with van der Waals surface area (Å²) in [6.07, 6.45) is 0.0834.